The summed E-state index contributed by atoms with van der Waals surface area (Å²) in [5.41, 5.74) is 1.18. The number of ketones is 1. The zero-order valence-corrected chi connectivity index (χ0v) is 14.9. The summed E-state index contributed by atoms with van der Waals surface area (Å²) >= 11 is 0. The highest BCUT2D eigenvalue weighted by atomic mass is 16.5. The highest BCUT2D eigenvalue weighted by Gasteiger charge is 2.23. The zero-order valence-electron chi connectivity index (χ0n) is 14.9. The fraction of sp³-hybridized carbons (Fsp3) is 0.650. The number of carbonyl (C=O) groups excluding carboxylic acids is 1. The van der Waals surface area contributed by atoms with Crippen molar-refractivity contribution in [3.63, 3.8) is 0 Å². The summed E-state index contributed by atoms with van der Waals surface area (Å²) in [5, 5.41) is 0. The first-order valence-corrected chi connectivity index (χ1v) is 9.41. The average molecular weight is 330 g/mol. The SMILES string of the molecule is COc1ccccc1N1CCN(CCC(=O)C2CCCCC2)CC1. The molecule has 0 radical (unpaired) electrons. The molecule has 1 saturated heterocycles. The van der Waals surface area contributed by atoms with Crippen molar-refractivity contribution in [3.05, 3.63) is 24.3 Å². The Bertz CT molecular complexity index is 532. The van der Waals surface area contributed by atoms with Crippen LogP contribution in [0, 0.1) is 5.92 Å². The van der Waals surface area contributed by atoms with Crippen LogP contribution in [0.4, 0.5) is 5.69 Å². The monoisotopic (exact) mass is 330 g/mol. The number of para-hydroxylation sites is 2. The predicted octanol–water partition coefficient (Wildman–Crippen LogP) is 3.36. The van der Waals surface area contributed by atoms with Gasteiger partial charge in [-0.05, 0) is 25.0 Å². The van der Waals surface area contributed by atoms with Crippen LogP contribution in [0.1, 0.15) is 38.5 Å². The summed E-state index contributed by atoms with van der Waals surface area (Å²) in [4.78, 5) is 17.2. The van der Waals surface area contributed by atoms with E-state index < -0.39 is 0 Å². The van der Waals surface area contributed by atoms with Gasteiger partial charge in [-0.25, -0.2) is 0 Å². The summed E-state index contributed by atoms with van der Waals surface area (Å²) in [5.74, 6) is 1.80. The number of ether oxygens (including phenoxy) is 1. The van der Waals surface area contributed by atoms with Gasteiger partial charge in [0.05, 0.1) is 12.8 Å². The summed E-state index contributed by atoms with van der Waals surface area (Å²) in [6.07, 6.45) is 6.79. The van der Waals surface area contributed by atoms with E-state index >= 15 is 0 Å². The lowest BCUT2D eigenvalue weighted by atomic mass is 9.85. The van der Waals surface area contributed by atoms with E-state index in [0.717, 1.165) is 57.7 Å². The van der Waals surface area contributed by atoms with E-state index in [9.17, 15) is 4.79 Å². The molecule has 2 aliphatic rings. The Morgan fingerprint density at radius 3 is 2.50 bits per heavy atom. The van der Waals surface area contributed by atoms with Crippen molar-refractivity contribution in [2.24, 2.45) is 5.92 Å². The van der Waals surface area contributed by atoms with E-state index in [1.165, 1.54) is 24.9 Å². The maximum absolute atomic E-state index is 12.4. The third-order valence-electron chi connectivity index (χ3n) is 5.53. The highest BCUT2D eigenvalue weighted by Crippen LogP contribution is 2.28. The standard InChI is InChI=1S/C20H30N2O2/c1-24-20-10-6-5-9-18(20)22-15-13-21(14-16-22)12-11-19(23)17-7-3-2-4-8-17/h5-6,9-10,17H,2-4,7-8,11-16H2,1H3. The van der Waals surface area contributed by atoms with Gasteiger partial charge >= 0.3 is 0 Å². The van der Waals surface area contributed by atoms with Crippen LogP contribution < -0.4 is 9.64 Å². The molecule has 2 fully saturated rings. The maximum atomic E-state index is 12.4. The Balaban J connectivity index is 1.44. The average Bonchev–Trinajstić information content (AvgIpc) is 2.67. The fourth-order valence-electron chi connectivity index (χ4n) is 4.00. The highest BCUT2D eigenvalue weighted by molar-refractivity contribution is 5.81. The molecule has 3 rings (SSSR count). The van der Waals surface area contributed by atoms with Crippen LogP contribution >= 0.6 is 0 Å². The number of hydrogen-bond donors (Lipinski definition) is 0. The van der Waals surface area contributed by atoms with Crippen LogP contribution in [-0.2, 0) is 4.79 Å². The molecule has 1 aliphatic heterocycles. The van der Waals surface area contributed by atoms with Gasteiger partial charge in [0.15, 0.2) is 0 Å². The minimum absolute atomic E-state index is 0.355. The minimum atomic E-state index is 0.355. The van der Waals surface area contributed by atoms with Crippen molar-refractivity contribution < 1.29 is 9.53 Å². The molecule has 132 valence electrons. The number of rotatable bonds is 6. The summed E-state index contributed by atoms with van der Waals surface area (Å²) in [7, 11) is 1.73. The van der Waals surface area contributed by atoms with Crippen LogP contribution in [0.2, 0.25) is 0 Å². The number of carbonyl (C=O) groups is 1. The van der Waals surface area contributed by atoms with Crippen LogP contribution in [0.15, 0.2) is 24.3 Å². The van der Waals surface area contributed by atoms with Crippen LogP contribution in [0.3, 0.4) is 0 Å². The quantitative estimate of drug-likeness (QED) is 0.801. The lowest BCUT2D eigenvalue weighted by molar-refractivity contribution is -0.124. The van der Waals surface area contributed by atoms with E-state index in [2.05, 4.69) is 21.9 Å². The second kappa shape index (κ2) is 8.52. The largest absolute Gasteiger partial charge is 0.495 e. The van der Waals surface area contributed by atoms with Crippen LogP contribution in [0.25, 0.3) is 0 Å². The zero-order chi connectivity index (χ0) is 16.8. The molecule has 0 atom stereocenters. The molecular weight excluding hydrogens is 300 g/mol. The van der Waals surface area contributed by atoms with Gasteiger partial charge in [0.1, 0.15) is 11.5 Å². The third kappa shape index (κ3) is 4.29. The number of nitrogens with zero attached hydrogens (tertiary/aromatic N) is 2. The topological polar surface area (TPSA) is 32.8 Å². The number of Topliss-reactive ketones (excluding diaryl/α,β-unsaturated/α-hetero) is 1. The van der Waals surface area contributed by atoms with Gasteiger partial charge in [-0.1, -0.05) is 31.4 Å². The van der Waals surface area contributed by atoms with E-state index in [1.807, 2.05) is 12.1 Å². The molecule has 1 aliphatic carbocycles. The van der Waals surface area contributed by atoms with E-state index in [4.69, 9.17) is 4.74 Å². The predicted molar refractivity (Wildman–Crippen MR) is 97.8 cm³/mol. The van der Waals surface area contributed by atoms with Gasteiger partial charge in [-0.2, -0.15) is 0 Å². The Morgan fingerprint density at radius 1 is 1.08 bits per heavy atom. The number of piperazine rings is 1. The van der Waals surface area contributed by atoms with Crippen LogP contribution in [-0.4, -0.2) is 50.5 Å². The molecule has 1 saturated carbocycles. The Hall–Kier alpha value is -1.55. The van der Waals surface area contributed by atoms with E-state index in [-0.39, 0.29) is 0 Å². The molecule has 1 aromatic rings. The Labute approximate surface area is 145 Å². The van der Waals surface area contributed by atoms with Gasteiger partial charge in [0.2, 0.25) is 0 Å². The minimum Gasteiger partial charge on any atom is -0.495 e. The van der Waals surface area contributed by atoms with Gasteiger partial charge in [-0.3, -0.25) is 9.69 Å². The second-order valence-electron chi connectivity index (χ2n) is 7.05. The molecule has 4 heteroatoms. The Kier molecular flexibility index (Phi) is 6.13. The molecular formula is C20H30N2O2. The van der Waals surface area contributed by atoms with Crippen molar-refractivity contribution in [2.45, 2.75) is 38.5 Å². The molecule has 1 aromatic carbocycles. The molecule has 0 aromatic heterocycles. The number of hydrogen-bond acceptors (Lipinski definition) is 4. The first kappa shape index (κ1) is 17.3. The summed E-state index contributed by atoms with van der Waals surface area (Å²) < 4.78 is 5.47. The number of methoxy groups -OCH3 is 1. The van der Waals surface area contributed by atoms with Crippen molar-refractivity contribution in [1.82, 2.24) is 4.90 Å². The molecule has 0 N–H and O–H groups in total. The van der Waals surface area contributed by atoms with Crippen molar-refractivity contribution in [2.75, 3.05) is 44.7 Å². The first-order chi connectivity index (χ1) is 11.8. The fourth-order valence-corrected chi connectivity index (χ4v) is 4.00. The van der Waals surface area contributed by atoms with Crippen molar-refractivity contribution in [3.8, 4) is 5.75 Å². The molecule has 0 spiro atoms. The molecule has 0 amide bonds. The molecule has 4 nitrogen and oxygen atoms in total. The van der Waals surface area contributed by atoms with Crippen LogP contribution in [0.5, 0.6) is 5.75 Å². The van der Waals surface area contributed by atoms with Gasteiger partial charge in [-0.15, -0.1) is 0 Å². The lowest BCUT2D eigenvalue weighted by Gasteiger charge is -2.36. The third-order valence-corrected chi connectivity index (χ3v) is 5.53. The lowest BCUT2D eigenvalue weighted by Crippen LogP contribution is -2.47. The summed E-state index contributed by atoms with van der Waals surface area (Å²) in [6, 6.07) is 8.22. The molecule has 1 heterocycles. The van der Waals surface area contributed by atoms with Gasteiger partial charge < -0.3 is 9.64 Å². The molecule has 0 bridgehead atoms. The van der Waals surface area contributed by atoms with Crippen molar-refractivity contribution >= 4 is 11.5 Å². The van der Waals surface area contributed by atoms with E-state index in [1.54, 1.807) is 7.11 Å². The molecule has 0 unspecified atom stereocenters. The summed E-state index contributed by atoms with van der Waals surface area (Å²) in [6.45, 7) is 4.97. The number of anilines is 1. The number of benzene rings is 1. The first-order valence-electron chi connectivity index (χ1n) is 9.41. The normalized spacial score (nSPS) is 20.1. The Morgan fingerprint density at radius 2 is 1.79 bits per heavy atom. The van der Waals surface area contributed by atoms with Gasteiger partial charge in [0.25, 0.3) is 0 Å². The van der Waals surface area contributed by atoms with E-state index in [0.29, 0.717) is 11.7 Å². The van der Waals surface area contributed by atoms with Crippen molar-refractivity contribution in [1.29, 1.82) is 0 Å². The molecule has 24 heavy (non-hydrogen) atoms. The maximum Gasteiger partial charge on any atom is 0.142 e. The van der Waals surface area contributed by atoms with Gasteiger partial charge in [0, 0.05) is 45.1 Å². The second-order valence-corrected chi connectivity index (χ2v) is 7.05. The smallest absolute Gasteiger partial charge is 0.142 e.